The Morgan fingerprint density at radius 3 is 2.41 bits per heavy atom. The quantitative estimate of drug-likeness (QED) is 0.740. The molecule has 2 saturated heterocycles. The zero-order valence-corrected chi connectivity index (χ0v) is 17.4. The van der Waals surface area contributed by atoms with Crippen LogP contribution in [0.3, 0.4) is 0 Å². The minimum Gasteiger partial charge on any atom is -0.444 e. The molecule has 6 heteroatoms. The van der Waals surface area contributed by atoms with Crippen molar-refractivity contribution in [2.45, 2.75) is 77.4 Å². The van der Waals surface area contributed by atoms with Crippen molar-refractivity contribution in [1.82, 2.24) is 14.7 Å². The van der Waals surface area contributed by atoms with Gasteiger partial charge in [0.15, 0.2) is 0 Å². The van der Waals surface area contributed by atoms with Crippen molar-refractivity contribution in [3.63, 3.8) is 0 Å². The molecule has 0 aromatic rings. The molecular weight excluding hydrogens is 342 g/mol. The summed E-state index contributed by atoms with van der Waals surface area (Å²) in [6.07, 6.45) is 8.17. The van der Waals surface area contributed by atoms with Crippen molar-refractivity contribution in [2.24, 2.45) is 5.92 Å². The lowest BCUT2D eigenvalue weighted by Gasteiger charge is -2.44. The average molecular weight is 380 g/mol. The molecule has 2 amide bonds. The fourth-order valence-electron chi connectivity index (χ4n) is 4.85. The van der Waals surface area contributed by atoms with Crippen molar-refractivity contribution < 1.29 is 14.3 Å². The Hall–Kier alpha value is -1.30. The number of carbonyl (C=O) groups excluding carboxylic acids is 2. The van der Waals surface area contributed by atoms with E-state index in [0.29, 0.717) is 25.7 Å². The second-order valence-electron chi connectivity index (χ2n) is 9.44. The molecule has 2 unspecified atom stereocenters. The molecule has 2 heterocycles. The van der Waals surface area contributed by atoms with E-state index in [0.717, 1.165) is 38.4 Å². The van der Waals surface area contributed by atoms with Crippen LogP contribution in [0.1, 0.15) is 65.7 Å². The number of fused-ring (bicyclic) bond motifs is 1. The van der Waals surface area contributed by atoms with E-state index in [1.165, 1.54) is 32.1 Å². The van der Waals surface area contributed by atoms with Crippen LogP contribution >= 0.6 is 0 Å². The number of carbonyl (C=O) groups is 2. The molecule has 3 fully saturated rings. The van der Waals surface area contributed by atoms with E-state index >= 15 is 0 Å². The third kappa shape index (κ3) is 5.59. The molecule has 2 aliphatic heterocycles. The van der Waals surface area contributed by atoms with Gasteiger partial charge in [0.2, 0.25) is 5.91 Å². The number of nitrogens with zero attached hydrogens (tertiary/aromatic N) is 3. The van der Waals surface area contributed by atoms with Gasteiger partial charge in [0.05, 0.1) is 6.54 Å². The smallest absolute Gasteiger partial charge is 0.410 e. The van der Waals surface area contributed by atoms with Crippen LogP contribution in [0.4, 0.5) is 4.79 Å². The molecule has 1 aliphatic carbocycles. The van der Waals surface area contributed by atoms with E-state index < -0.39 is 5.60 Å². The Balaban J connectivity index is 1.51. The Morgan fingerprint density at radius 1 is 0.889 bits per heavy atom. The van der Waals surface area contributed by atoms with E-state index in [9.17, 15) is 9.59 Å². The topological polar surface area (TPSA) is 53.1 Å². The summed E-state index contributed by atoms with van der Waals surface area (Å²) < 4.78 is 5.50. The average Bonchev–Trinajstić information content (AvgIpc) is 2.85. The van der Waals surface area contributed by atoms with Crippen LogP contribution in [0, 0.1) is 5.92 Å². The second kappa shape index (κ2) is 8.80. The molecule has 0 aromatic heterocycles. The van der Waals surface area contributed by atoms with Crippen molar-refractivity contribution >= 4 is 12.0 Å². The van der Waals surface area contributed by atoms with E-state index in [4.69, 9.17) is 4.74 Å². The van der Waals surface area contributed by atoms with Gasteiger partial charge in [0, 0.05) is 38.8 Å². The number of likely N-dealkylation sites (tertiary alicyclic amines) is 1. The van der Waals surface area contributed by atoms with Crippen molar-refractivity contribution in [3.8, 4) is 0 Å². The molecule has 3 rings (SSSR count). The predicted molar refractivity (Wildman–Crippen MR) is 106 cm³/mol. The van der Waals surface area contributed by atoms with E-state index in [-0.39, 0.29) is 12.0 Å². The zero-order chi connectivity index (χ0) is 19.4. The van der Waals surface area contributed by atoms with Crippen LogP contribution in [0.2, 0.25) is 0 Å². The standard InChI is InChI=1S/C21H37N3O3/c1-21(2,3)27-20(26)23-12-7-11-22(14-15-23)16-19(25)24-13-6-9-17-8-4-5-10-18(17)24/h17-18H,4-16H2,1-3H3. The summed E-state index contributed by atoms with van der Waals surface area (Å²) in [6, 6.07) is 0.477. The molecule has 1 saturated carbocycles. The lowest BCUT2D eigenvalue weighted by molar-refractivity contribution is -0.138. The van der Waals surface area contributed by atoms with Crippen LogP contribution in [-0.2, 0) is 9.53 Å². The largest absolute Gasteiger partial charge is 0.444 e. The van der Waals surface area contributed by atoms with Crippen LogP contribution in [0.15, 0.2) is 0 Å². The minimum absolute atomic E-state index is 0.239. The third-order valence-electron chi connectivity index (χ3n) is 6.16. The first-order valence-corrected chi connectivity index (χ1v) is 10.8. The number of amides is 2. The van der Waals surface area contributed by atoms with Gasteiger partial charge >= 0.3 is 6.09 Å². The van der Waals surface area contributed by atoms with Crippen molar-refractivity contribution in [1.29, 1.82) is 0 Å². The molecule has 0 radical (unpaired) electrons. The molecule has 3 aliphatic rings. The summed E-state index contributed by atoms with van der Waals surface area (Å²) in [7, 11) is 0. The second-order valence-corrected chi connectivity index (χ2v) is 9.44. The lowest BCUT2D eigenvalue weighted by atomic mass is 9.78. The molecule has 2 atom stereocenters. The normalized spacial score (nSPS) is 27.7. The first kappa shape index (κ1) is 20.4. The summed E-state index contributed by atoms with van der Waals surface area (Å²) in [5.74, 6) is 1.01. The zero-order valence-electron chi connectivity index (χ0n) is 17.4. The summed E-state index contributed by atoms with van der Waals surface area (Å²) in [4.78, 5) is 31.5. The van der Waals surface area contributed by atoms with Crippen LogP contribution in [0.25, 0.3) is 0 Å². The van der Waals surface area contributed by atoms with Gasteiger partial charge in [-0.25, -0.2) is 4.79 Å². The summed E-state index contributed by atoms with van der Waals surface area (Å²) in [5, 5.41) is 0. The van der Waals surface area contributed by atoms with E-state index in [1.54, 1.807) is 4.90 Å². The van der Waals surface area contributed by atoms with Gasteiger partial charge in [-0.2, -0.15) is 0 Å². The number of hydrogen-bond acceptors (Lipinski definition) is 4. The van der Waals surface area contributed by atoms with Crippen molar-refractivity contribution in [3.05, 3.63) is 0 Å². The molecule has 0 bridgehead atoms. The molecular formula is C21H37N3O3. The van der Waals surface area contributed by atoms with Crippen LogP contribution in [0.5, 0.6) is 0 Å². The van der Waals surface area contributed by atoms with Gasteiger partial charge in [-0.1, -0.05) is 12.8 Å². The first-order valence-electron chi connectivity index (χ1n) is 10.8. The maximum Gasteiger partial charge on any atom is 0.410 e. The van der Waals surface area contributed by atoms with Gasteiger partial charge in [0.25, 0.3) is 0 Å². The maximum absolute atomic E-state index is 13.0. The number of piperidine rings is 1. The summed E-state index contributed by atoms with van der Waals surface area (Å²) in [5.41, 5.74) is -0.468. The van der Waals surface area contributed by atoms with E-state index in [1.807, 2.05) is 20.8 Å². The summed E-state index contributed by atoms with van der Waals surface area (Å²) in [6.45, 7) is 10.0. The Morgan fingerprint density at radius 2 is 1.63 bits per heavy atom. The fourth-order valence-corrected chi connectivity index (χ4v) is 4.85. The lowest BCUT2D eigenvalue weighted by Crippen LogP contribution is -2.52. The molecule has 0 aromatic carbocycles. The molecule has 0 spiro atoms. The highest BCUT2D eigenvalue weighted by Gasteiger charge is 2.36. The van der Waals surface area contributed by atoms with Gasteiger partial charge in [-0.05, 0) is 58.8 Å². The Labute approximate surface area is 164 Å². The van der Waals surface area contributed by atoms with Crippen molar-refractivity contribution in [2.75, 3.05) is 39.3 Å². The van der Waals surface area contributed by atoms with Gasteiger partial charge in [-0.15, -0.1) is 0 Å². The molecule has 6 nitrogen and oxygen atoms in total. The highest BCUT2D eigenvalue weighted by molar-refractivity contribution is 5.78. The minimum atomic E-state index is -0.468. The highest BCUT2D eigenvalue weighted by Crippen LogP contribution is 2.35. The predicted octanol–water partition coefficient (Wildman–Crippen LogP) is 3.11. The van der Waals surface area contributed by atoms with Gasteiger partial charge in [-0.3, -0.25) is 9.69 Å². The van der Waals surface area contributed by atoms with Crippen LogP contribution in [-0.4, -0.2) is 77.6 Å². The van der Waals surface area contributed by atoms with Crippen LogP contribution < -0.4 is 0 Å². The molecule has 154 valence electrons. The molecule has 0 N–H and O–H groups in total. The number of hydrogen-bond donors (Lipinski definition) is 0. The van der Waals surface area contributed by atoms with Gasteiger partial charge in [0.1, 0.15) is 5.60 Å². The van der Waals surface area contributed by atoms with E-state index in [2.05, 4.69) is 9.80 Å². The summed E-state index contributed by atoms with van der Waals surface area (Å²) >= 11 is 0. The Bertz CT molecular complexity index is 529. The fraction of sp³-hybridized carbons (Fsp3) is 0.905. The SMILES string of the molecule is CC(C)(C)OC(=O)N1CCCN(CC(=O)N2CCCC3CCCCC32)CC1. The highest BCUT2D eigenvalue weighted by atomic mass is 16.6. The monoisotopic (exact) mass is 379 g/mol. The van der Waals surface area contributed by atoms with Gasteiger partial charge < -0.3 is 14.5 Å². The Kier molecular flexibility index (Phi) is 6.66. The number of rotatable bonds is 2. The molecule has 27 heavy (non-hydrogen) atoms. The number of ether oxygens (including phenoxy) is 1. The first-order chi connectivity index (χ1) is 12.8. The third-order valence-corrected chi connectivity index (χ3v) is 6.16. The maximum atomic E-state index is 13.0.